The molecule has 0 amide bonds. The summed E-state index contributed by atoms with van der Waals surface area (Å²) in [6.07, 6.45) is 0. The molecule has 2 rings (SSSR count). The standard InChI is InChI=1S/C15H16FNO3S/c1-11-3-2-4-12(7-11)9-17-21(19,20)15-6-5-13(10-18)8-14(15)16/h2-8,17-18H,9-10H2,1H3. The van der Waals surface area contributed by atoms with Crippen molar-refractivity contribution >= 4 is 10.0 Å². The number of hydrogen-bond acceptors (Lipinski definition) is 3. The topological polar surface area (TPSA) is 66.4 Å². The van der Waals surface area contributed by atoms with Gasteiger partial charge in [0.15, 0.2) is 0 Å². The van der Waals surface area contributed by atoms with Crippen LogP contribution < -0.4 is 4.72 Å². The van der Waals surface area contributed by atoms with Crippen molar-refractivity contribution in [3.63, 3.8) is 0 Å². The maximum absolute atomic E-state index is 13.8. The van der Waals surface area contributed by atoms with Crippen molar-refractivity contribution in [2.45, 2.75) is 25.0 Å². The monoisotopic (exact) mass is 309 g/mol. The molecular formula is C15H16FNO3S. The lowest BCUT2D eigenvalue weighted by Gasteiger charge is -2.09. The Morgan fingerprint density at radius 3 is 2.52 bits per heavy atom. The molecule has 2 N–H and O–H groups in total. The largest absolute Gasteiger partial charge is 0.392 e. The van der Waals surface area contributed by atoms with Gasteiger partial charge < -0.3 is 5.11 Å². The van der Waals surface area contributed by atoms with Gasteiger partial charge in [-0.3, -0.25) is 0 Å². The summed E-state index contributed by atoms with van der Waals surface area (Å²) < 4.78 is 40.4. The molecule has 0 atom stereocenters. The van der Waals surface area contributed by atoms with E-state index in [-0.39, 0.29) is 13.2 Å². The predicted octanol–water partition coefficient (Wildman–Crippen LogP) is 2.10. The fourth-order valence-corrected chi connectivity index (χ4v) is 3.01. The number of aliphatic hydroxyl groups is 1. The number of hydrogen-bond donors (Lipinski definition) is 2. The summed E-state index contributed by atoms with van der Waals surface area (Å²) in [5.41, 5.74) is 2.14. The Bertz CT molecular complexity index is 744. The molecule has 0 bridgehead atoms. The zero-order chi connectivity index (χ0) is 15.5. The van der Waals surface area contributed by atoms with Gasteiger partial charge in [-0.05, 0) is 30.2 Å². The minimum Gasteiger partial charge on any atom is -0.392 e. The summed E-state index contributed by atoms with van der Waals surface area (Å²) in [6, 6.07) is 10.9. The molecule has 4 nitrogen and oxygen atoms in total. The van der Waals surface area contributed by atoms with Gasteiger partial charge in [-0.1, -0.05) is 35.9 Å². The van der Waals surface area contributed by atoms with Gasteiger partial charge in [-0.2, -0.15) is 0 Å². The van der Waals surface area contributed by atoms with Crippen LogP contribution in [-0.2, 0) is 23.2 Å². The first-order valence-corrected chi connectivity index (χ1v) is 7.85. The molecule has 0 fully saturated rings. The maximum Gasteiger partial charge on any atom is 0.243 e. The Morgan fingerprint density at radius 2 is 1.90 bits per heavy atom. The van der Waals surface area contributed by atoms with Crippen LogP contribution in [0, 0.1) is 12.7 Å². The van der Waals surface area contributed by atoms with Crippen LogP contribution in [0.1, 0.15) is 16.7 Å². The van der Waals surface area contributed by atoms with Crippen LogP contribution in [0.5, 0.6) is 0 Å². The van der Waals surface area contributed by atoms with Crippen LogP contribution >= 0.6 is 0 Å². The first-order chi connectivity index (χ1) is 9.92. The van der Waals surface area contributed by atoms with Crippen molar-refractivity contribution in [1.29, 1.82) is 0 Å². The van der Waals surface area contributed by atoms with E-state index in [2.05, 4.69) is 4.72 Å². The summed E-state index contributed by atoms with van der Waals surface area (Å²) in [5.74, 6) is -0.877. The van der Waals surface area contributed by atoms with Crippen LogP contribution in [0.2, 0.25) is 0 Å². The molecule has 0 saturated heterocycles. The van der Waals surface area contributed by atoms with E-state index in [4.69, 9.17) is 5.11 Å². The van der Waals surface area contributed by atoms with Gasteiger partial charge in [-0.15, -0.1) is 0 Å². The van der Waals surface area contributed by atoms with E-state index in [9.17, 15) is 12.8 Å². The highest BCUT2D eigenvalue weighted by Crippen LogP contribution is 2.16. The van der Waals surface area contributed by atoms with Crippen molar-refractivity contribution in [2.24, 2.45) is 0 Å². The van der Waals surface area contributed by atoms with E-state index in [0.717, 1.165) is 23.3 Å². The summed E-state index contributed by atoms with van der Waals surface area (Å²) in [4.78, 5) is -0.424. The highest BCUT2D eigenvalue weighted by atomic mass is 32.2. The zero-order valence-electron chi connectivity index (χ0n) is 11.5. The highest BCUT2D eigenvalue weighted by Gasteiger charge is 2.18. The number of halogens is 1. The number of rotatable bonds is 5. The lowest BCUT2D eigenvalue weighted by atomic mass is 10.1. The average Bonchev–Trinajstić information content (AvgIpc) is 2.45. The lowest BCUT2D eigenvalue weighted by molar-refractivity contribution is 0.281. The molecule has 0 saturated carbocycles. The molecule has 0 heterocycles. The van der Waals surface area contributed by atoms with Crippen molar-refractivity contribution in [3.8, 4) is 0 Å². The van der Waals surface area contributed by atoms with Crippen LogP contribution in [0.4, 0.5) is 4.39 Å². The van der Waals surface area contributed by atoms with Gasteiger partial charge in [0.05, 0.1) is 6.61 Å². The van der Waals surface area contributed by atoms with E-state index in [1.165, 1.54) is 6.07 Å². The second kappa shape index (κ2) is 6.34. The van der Waals surface area contributed by atoms with E-state index in [1.807, 2.05) is 25.1 Å². The minimum absolute atomic E-state index is 0.0885. The molecule has 6 heteroatoms. The third-order valence-electron chi connectivity index (χ3n) is 3.02. The quantitative estimate of drug-likeness (QED) is 0.889. The number of aliphatic hydroxyl groups excluding tert-OH is 1. The Hall–Kier alpha value is -1.76. The van der Waals surface area contributed by atoms with Crippen LogP contribution in [-0.4, -0.2) is 13.5 Å². The third kappa shape index (κ3) is 3.87. The molecular weight excluding hydrogens is 293 g/mol. The van der Waals surface area contributed by atoms with Crippen molar-refractivity contribution in [2.75, 3.05) is 0 Å². The molecule has 112 valence electrons. The van der Waals surface area contributed by atoms with E-state index in [1.54, 1.807) is 6.07 Å². The molecule has 0 aliphatic rings. The van der Waals surface area contributed by atoms with Gasteiger partial charge in [0, 0.05) is 6.54 Å². The van der Waals surface area contributed by atoms with E-state index >= 15 is 0 Å². The first-order valence-electron chi connectivity index (χ1n) is 6.37. The lowest BCUT2D eigenvalue weighted by Crippen LogP contribution is -2.24. The minimum atomic E-state index is -3.93. The van der Waals surface area contributed by atoms with Crippen molar-refractivity contribution in [1.82, 2.24) is 4.72 Å². The van der Waals surface area contributed by atoms with E-state index < -0.39 is 20.7 Å². The van der Waals surface area contributed by atoms with Gasteiger partial charge in [0.2, 0.25) is 10.0 Å². The SMILES string of the molecule is Cc1cccc(CNS(=O)(=O)c2ccc(CO)cc2F)c1. The number of benzene rings is 2. The molecule has 0 aliphatic carbocycles. The molecule has 2 aromatic carbocycles. The number of nitrogens with one attached hydrogen (secondary N) is 1. The van der Waals surface area contributed by atoms with E-state index in [0.29, 0.717) is 5.56 Å². The van der Waals surface area contributed by atoms with Gasteiger partial charge in [0.1, 0.15) is 10.7 Å². The molecule has 0 radical (unpaired) electrons. The van der Waals surface area contributed by atoms with Gasteiger partial charge in [-0.25, -0.2) is 17.5 Å². The second-order valence-corrected chi connectivity index (χ2v) is 6.47. The highest BCUT2D eigenvalue weighted by molar-refractivity contribution is 7.89. The van der Waals surface area contributed by atoms with Crippen LogP contribution in [0.25, 0.3) is 0 Å². The number of sulfonamides is 1. The van der Waals surface area contributed by atoms with Crippen LogP contribution in [0.15, 0.2) is 47.4 Å². The fraction of sp³-hybridized carbons (Fsp3) is 0.200. The summed E-state index contributed by atoms with van der Waals surface area (Å²) in [6.45, 7) is 1.66. The number of aryl methyl sites for hydroxylation is 1. The molecule has 0 aliphatic heterocycles. The molecule has 0 spiro atoms. The Labute approximate surface area is 123 Å². The zero-order valence-corrected chi connectivity index (χ0v) is 12.3. The molecule has 2 aromatic rings. The summed E-state index contributed by atoms with van der Waals surface area (Å²) in [5, 5.41) is 8.90. The van der Waals surface area contributed by atoms with Gasteiger partial charge in [0.25, 0.3) is 0 Å². The fourth-order valence-electron chi connectivity index (χ4n) is 1.94. The molecule has 21 heavy (non-hydrogen) atoms. The van der Waals surface area contributed by atoms with Crippen molar-refractivity contribution < 1.29 is 17.9 Å². The van der Waals surface area contributed by atoms with Crippen molar-refractivity contribution in [3.05, 3.63) is 65.0 Å². The third-order valence-corrected chi connectivity index (χ3v) is 4.45. The van der Waals surface area contributed by atoms with Gasteiger partial charge >= 0.3 is 0 Å². The Morgan fingerprint density at radius 1 is 1.14 bits per heavy atom. The maximum atomic E-state index is 13.8. The Balaban J connectivity index is 2.19. The Kier molecular flexibility index (Phi) is 4.72. The first kappa shape index (κ1) is 15.6. The second-order valence-electron chi connectivity index (χ2n) is 4.74. The molecule has 0 unspecified atom stereocenters. The van der Waals surface area contributed by atoms with Crippen LogP contribution in [0.3, 0.4) is 0 Å². The summed E-state index contributed by atoms with van der Waals surface area (Å²) in [7, 11) is -3.93. The predicted molar refractivity (Wildman–Crippen MR) is 77.5 cm³/mol. The summed E-state index contributed by atoms with van der Waals surface area (Å²) >= 11 is 0. The molecule has 0 aromatic heterocycles. The smallest absolute Gasteiger partial charge is 0.243 e. The normalized spacial score (nSPS) is 11.6. The average molecular weight is 309 g/mol.